The Morgan fingerprint density at radius 1 is 1.38 bits per heavy atom. The highest BCUT2D eigenvalue weighted by molar-refractivity contribution is 5.99. The fourth-order valence-corrected chi connectivity index (χ4v) is 1.90. The van der Waals surface area contributed by atoms with Crippen LogP contribution in [0.2, 0.25) is 0 Å². The Hall–Kier alpha value is -2.83. The summed E-state index contributed by atoms with van der Waals surface area (Å²) in [5.41, 5.74) is 2.78. The number of amides is 2. The van der Waals surface area contributed by atoms with E-state index in [1.165, 1.54) is 0 Å². The number of aromatic amines is 1. The zero-order valence-corrected chi connectivity index (χ0v) is 11.7. The lowest BCUT2D eigenvalue weighted by Gasteiger charge is -2.08. The zero-order chi connectivity index (χ0) is 15.4. The van der Waals surface area contributed by atoms with Crippen molar-refractivity contribution in [1.82, 2.24) is 15.3 Å². The fraction of sp³-hybridized carbons (Fsp3) is 0.214. The highest BCUT2D eigenvalue weighted by Crippen LogP contribution is 2.16. The number of H-pyrrole nitrogens is 1. The number of hydrogen-bond acceptors (Lipinski definition) is 3. The maximum absolute atomic E-state index is 11.8. The maximum Gasteiger partial charge on any atom is 0.354 e. The SMILES string of the molecule is Cc1cc(NC(=O)NCc2ccncc2C)c(C(=O)O)[nH]1. The normalized spacial score (nSPS) is 10.2. The summed E-state index contributed by atoms with van der Waals surface area (Å²) in [6, 6.07) is 2.92. The molecule has 2 aromatic heterocycles. The van der Waals surface area contributed by atoms with Gasteiger partial charge in [0.1, 0.15) is 5.69 Å². The second kappa shape index (κ2) is 6.08. The van der Waals surface area contributed by atoms with Crippen LogP contribution < -0.4 is 10.6 Å². The van der Waals surface area contributed by atoms with Gasteiger partial charge in [-0.15, -0.1) is 0 Å². The Kier molecular flexibility index (Phi) is 4.22. The van der Waals surface area contributed by atoms with Gasteiger partial charge in [-0.05, 0) is 37.1 Å². The molecule has 0 saturated carbocycles. The molecule has 0 fully saturated rings. The lowest BCUT2D eigenvalue weighted by atomic mass is 10.1. The summed E-state index contributed by atoms with van der Waals surface area (Å²) in [4.78, 5) is 29.5. The fourth-order valence-electron chi connectivity index (χ4n) is 1.90. The van der Waals surface area contributed by atoms with Crippen molar-refractivity contribution in [3.8, 4) is 0 Å². The summed E-state index contributed by atoms with van der Waals surface area (Å²) in [5, 5.41) is 14.2. The molecule has 2 amide bonds. The molecule has 2 heterocycles. The first-order valence-electron chi connectivity index (χ1n) is 6.34. The molecule has 21 heavy (non-hydrogen) atoms. The highest BCUT2D eigenvalue weighted by Gasteiger charge is 2.15. The van der Waals surface area contributed by atoms with Gasteiger partial charge in [-0.2, -0.15) is 0 Å². The molecule has 0 saturated heterocycles. The van der Waals surface area contributed by atoms with Crippen molar-refractivity contribution in [2.24, 2.45) is 0 Å². The quantitative estimate of drug-likeness (QED) is 0.690. The van der Waals surface area contributed by atoms with Gasteiger partial charge < -0.3 is 20.7 Å². The number of urea groups is 1. The lowest BCUT2D eigenvalue weighted by Crippen LogP contribution is -2.29. The number of carbonyl (C=O) groups is 2. The molecule has 0 spiro atoms. The van der Waals surface area contributed by atoms with Crippen molar-refractivity contribution in [2.75, 3.05) is 5.32 Å². The van der Waals surface area contributed by atoms with Crippen LogP contribution in [0.1, 0.15) is 27.3 Å². The first kappa shape index (κ1) is 14.6. The van der Waals surface area contributed by atoms with Crippen molar-refractivity contribution < 1.29 is 14.7 Å². The van der Waals surface area contributed by atoms with Crippen LogP contribution in [-0.4, -0.2) is 27.1 Å². The number of carboxylic acids is 1. The first-order chi connectivity index (χ1) is 9.97. The Labute approximate surface area is 121 Å². The van der Waals surface area contributed by atoms with Gasteiger partial charge in [0.25, 0.3) is 0 Å². The molecule has 0 atom stereocenters. The second-order valence-electron chi connectivity index (χ2n) is 4.66. The topological polar surface area (TPSA) is 107 Å². The second-order valence-corrected chi connectivity index (χ2v) is 4.66. The van der Waals surface area contributed by atoms with Crippen LogP contribution in [0.3, 0.4) is 0 Å². The van der Waals surface area contributed by atoms with Gasteiger partial charge in [0.05, 0.1) is 5.69 Å². The van der Waals surface area contributed by atoms with Gasteiger partial charge in [0.2, 0.25) is 0 Å². The number of nitrogens with one attached hydrogen (secondary N) is 3. The number of aryl methyl sites for hydroxylation is 2. The summed E-state index contributed by atoms with van der Waals surface area (Å²) < 4.78 is 0. The minimum atomic E-state index is -1.12. The van der Waals surface area contributed by atoms with Gasteiger partial charge in [-0.25, -0.2) is 9.59 Å². The van der Waals surface area contributed by atoms with Crippen LogP contribution in [0.4, 0.5) is 10.5 Å². The number of aromatic nitrogens is 2. The van der Waals surface area contributed by atoms with Crippen molar-refractivity contribution in [2.45, 2.75) is 20.4 Å². The van der Waals surface area contributed by atoms with Crippen LogP contribution in [0, 0.1) is 13.8 Å². The van der Waals surface area contributed by atoms with Crippen LogP contribution >= 0.6 is 0 Å². The number of carbonyl (C=O) groups excluding carboxylic acids is 1. The lowest BCUT2D eigenvalue weighted by molar-refractivity contribution is 0.0692. The molecule has 0 aliphatic rings. The van der Waals surface area contributed by atoms with Crippen molar-refractivity contribution >= 4 is 17.7 Å². The number of rotatable bonds is 4. The molecule has 0 radical (unpaired) electrons. The van der Waals surface area contributed by atoms with E-state index in [2.05, 4.69) is 20.6 Å². The van der Waals surface area contributed by atoms with Gasteiger partial charge in [0, 0.05) is 24.6 Å². The summed E-state index contributed by atoms with van der Waals surface area (Å²) >= 11 is 0. The third-order valence-electron chi connectivity index (χ3n) is 2.99. The van der Waals surface area contributed by atoms with E-state index in [0.717, 1.165) is 11.1 Å². The van der Waals surface area contributed by atoms with Gasteiger partial charge >= 0.3 is 12.0 Å². The molecule has 7 heteroatoms. The van der Waals surface area contributed by atoms with E-state index in [0.29, 0.717) is 12.2 Å². The van der Waals surface area contributed by atoms with E-state index in [-0.39, 0.29) is 11.4 Å². The maximum atomic E-state index is 11.8. The molecule has 110 valence electrons. The van der Waals surface area contributed by atoms with Crippen molar-refractivity contribution in [3.05, 3.63) is 47.0 Å². The minimum absolute atomic E-state index is 0.0391. The van der Waals surface area contributed by atoms with Crippen LogP contribution in [0.5, 0.6) is 0 Å². The van der Waals surface area contributed by atoms with E-state index in [9.17, 15) is 9.59 Å². The predicted octanol–water partition coefficient (Wildman–Crippen LogP) is 2.05. The molecule has 4 N–H and O–H groups in total. The summed E-state index contributed by atoms with van der Waals surface area (Å²) in [6.07, 6.45) is 3.37. The van der Waals surface area contributed by atoms with E-state index in [4.69, 9.17) is 5.11 Å². The molecule has 0 aliphatic heterocycles. The summed E-state index contributed by atoms with van der Waals surface area (Å²) in [5.74, 6) is -1.12. The third kappa shape index (κ3) is 3.59. The van der Waals surface area contributed by atoms with Crippen LogP contribution in [0.25, 0.3) is 0 Å². The molecule has 0 unspecified atom stereocenters. The van der Waals surface area contributed by atoms with Gasteiger partial charge in [0.15, 0.2) is 0 Å². The minimum Gasteiger partial charge on any atom is -0.477 e. The monoisotopic (exact) mass is 288 g/mol. The number of hydrogen-bond donors (Lipinski definition) is 4. The zero-order valence-electron chi connectivity index (χ0n) is 11.7. The molecule has 7 nitrogen and oxygen atoms in total. The van der Waals surface area contributed by atoms with E-state index in [1.807, 2.05) is 13.0 Å². The van der Waals surface area contributed by atoms with Crippen molar-refractivity contribution in [3.63, 3.8) is 0 Å². The largest absolute Gasteiger partial charge is 0.477 e. The smallest absolute Gasteiger partial charge is 0.354 e. The number of aromatic carboxylic acids is 1. The number of pyridine rings is 1. The number of anilines is 1. The Morgan fingerprint density at radius 3 is 2.81 bits per heavy atom. The van der Waals surface area contributed by atoms with Gasteiger partial charge in [-0.1, -0.05) is 0 Å². The van der Waals surface area contributed by atoms with Gasteiger partial charge in [-0.3, -0.25) is 4.98 Å². The van der Waals surface area contributed by atoms with E-state index in [1.54, 1.807) is 25.4 Å². The molecule has 0 bridgehead atoms. The first-order valence-corrected chi connectivity index (χ1v) is 6.34. The van der Waals surface area contributed by atoms with E-state index >= 15 is 0 Å². The molecule has 0 aliphatic carbocycles. The number of nitrogens with zero attached hydrogens (tertiary/aromatic N) is 1. The Bertz CT molecular complexity index is 679. The summed E-state index contributed by atoms with van der Waals surface area (Å²) in [6.45, 7) is 3.96. The van der Waals surface area contributed by atoms with Crippen LogP contribution in [-0.2, 0) is 6.54 Å². The van der Waals surface area contributed by atoms with Crippen molar-refractivity contribution in [1.29, 1.82) is 0 Å². The highest BCUT2D eigenvalue weighted by atomic mass is 16.4. The summed E-state index contributed by atoms with van der Waals surface area (Å²) in [7, 11) is 0. The average Bonchev–Trinajstić information content (AvgIpc) is 2.79. The Balaban J connectivity index is 1.99. The van der Waals surface area contributed by atoms with E-state index < -0.39 is 12.0 Å². The molecule has 2 rings (SSSR count). The van der Waals surface area contributed by atoms with Crippen LogP contribution in [0.15, 0.2) is 24.5 Å². The molecular weight excluding hydrogens is 272 g/mol. The average molecular weight is 288 g/mol. The Morgan fingerprint density at radius 2 is 2.14 bits per heavy atom. The predicted molar refractivity (Wildman–Crippen MR) is 77.3 cm³/mol. The molecule has 0 aromatic carbocycles. The molecular formula is C14H16N4O3. The molecule has 2 aromatic rings. The number of carboxylic acid groups (broad SMARTS) is 1. The standard InChI is InChI=1S/C14H16N4O3/c1-8-6-15-4-3-10(8)7-16-14(21)18-11-5-9(2)17-12(11)13(19)20/h3-6,17H,7H2,1-2H3,(H,19,20)(H2,16,18,21). The third-order valence-corrected chi connectivity index (χ3v) is 2.99.